The fraction of sp³-hybridized carbons (Fsp3) is 0.450. The molecule has 0 bridgehead atoms. The first-order valence-corrected chi connectivity index (χ1v) is 12.6. The zero-order chi connectivity index (χ0) is 21.5. The second-order valence-electron chi connectivity index (χ2n) is 7.41. The van der Waals surface area contributed by atoms with E-state index in [1.165, 1.54) is 11.8 Å². The number of aromatic nitrogens is 3. The van der Waals surface area contributed by atoms with Crippen molar-refractivity contribution in [2.24, 2.45) is 0 Å². The Balaban J connectivity index is 1.61. The number of rotatable bonds is 6. The number of benzene rings is 1. The highest BCUT2D eigenvalue weighted by Crippen LogP contribution is 2.29. The normalized spacial score (nSPS) is 18.2. The number of ether oxygens (including phenoxy) is 1. The number of aryl methyl sites for hydroxylation is 1. The number of thioether (sulfide) groups is 1. The van der Waals surface area contributed by atoms with Crippen LogP contribution in [0.15, 0.2) is 29.4 Å². The predicted molar refractivity (Wildman–Crippen MR) is 117 cm³/mol. The van der Waals surface area contributed by atoms with Gasteiger partial charge in [0.15, 0.2) is 20.6 Å². The third kappa shape index (κ3) is 3.85. The number of hydrogen-bond acceptors (Lipinski definition) is 7. The Morgan fingerprint density at radius 2 is 2.13 bits per heavy atom. The molecule has 0 saturated carbocycles. The van der Waals surface area contributed by atoms with Crippen LogP contribution in [0.25, 0.3) is 16.6 Å². The highest BCUT2D eigenvalue weighted by molar-refractivity contribution is 7.99. The average molecular weight is 449 g/mol. The van der Waals surface area contributed by atoms with E-state index in [2.05, 4.69) is 10.2 Å². The van der Waals surface area contributed by atoms with Crippen LogP contribution >= 0.6 is 11.8 Å². The van der Waals surface area contributed by atoms with Crippen LogP contribution in [0.4, 0.5) is 0 Å². The number of carbonyl (C=O) groups is 1. The minimum Gasteiger partial charge on any atom is -0.497 e. The minimum atomic E-state index is -3.05. The summed E-state index contributed by atoms with van der Waals surface area (Å²) in [6.07, 6.45) is 0.504. The highest BCUT2D eigenvalue weighted by Gasteiger charge is 2.33. The maximum absolute atomic E-state index is 12.9. The summed E-state index contributed by atoms with van der Waals surface area (Å²) in [4.78, 5) is 14.5. The molecule has 1 aliphatic rings. The minimum absolute atomic E-state index is 0.0504. The molecule has 0 N–H and O–H groups in total. The maximum Gasteiger partial charge on any atom is 0.233 e. The summed E-state index contributed by atoms with van der Waals surface area (Å²) in [5.41, 5.74) is 2.70. The number of hydrogen-bond donors (Lipinski definition) is 0. The standard InChI is InChI=1S/C20H24N4O4S2/c1-4-23(14-7-8-30(26,27)12-14)19(25)11-29-20-22-21-18-9-13(2)16-6-5-15(28-3)10-17(16)24(18)20/h5-6,9-10,14H,4,7-8,11-12H2,1-3H3. The van der Waals surface area contributed by atoms with Crippen molar-refractivity contribution in [3.05, 3.63) is 29.8 Å². The van der Waals surface area contributed by atoms with Gasteiger partial charge in [0, 0.05) is 24.0 Å². The molecule has 1 saturated heterocycles. The third-order valence-electron chi connectivity index (χ3n) is 5.51. The Morgan fingerprint density at radius 3 is 2.80 bits per heavy atom. The second kappa shape index (κ2) is 8.07. The van der Waals surface area contributed by atoms with Crippen molar-refractivity contribution in [3.63, 3.8) is 0 Å². The van der Waals surface area contributed by atoms with Crippen LogP contribution in [-0.4, -0.2) is 70.8 Å². The summed E-state index contributed by atoms with van der Waals surface area (Å²) in [7, 11) is -1.42. The largest absolute Gasteiger partial charge is 0.497 e. The lowest BCUT2D eigenvalue weighted by Crippen LogP contribution is -2.41. The number of pyridine rings is 1. The van der Waals surface area contributed by atoms with E-state index in [9.17, 15) is 13.2 Å². The number of amides is 1. The van der Waals surface area contributed by atoms with Crippen LogP contribution in [0.5, 0.6) is 5.75 Å². The first-order valence-electron chi connectivity index (χ1n) is 9.78. The first-order chi connectivity index (χ1) is 14.3. The maximum atomic E-state index is 12.9. The molecule has 1 fully saturated rings. The van der Waals surface area contributed by atoms with Gasteiger partial charge in [-0.2, -0.15) is 0 Å². The van der Waals surface area contributed by atoms with E-state index in [0.717, 1.165) is 22.2 Å². The monoisotopic (exact) mass is 448 g/mol. The molecular formula is C20H24N4O4S2. The molecule has 1 atom stereocenters. The van der Waals surface area contributed by atoms with Crippen LogP contribution in [0.1, 0.15) is 18.9 Å². The van der Waals surface area contributed by atoms with Crippen molar-refractivity contribution < 1.29 is 17.9 Å². The SMILES string of the molecule is CCN(C(=O)CSc1nnc2cc(C)c3ccc(OC)cc3n12)C1CCS(=O)(=O)C1. The van der Waals surface area contributed by atoms with Gasteiger partial charge in [-0.15, -0.1) is 10.2 Å². The molecule has 1 aliphatic heterocycles. The van der Waals surface area contributed by atoms with Crippen molar-refractivity contribution in [3.8, 4) is 5.75 Å². The van der Waals surface area contributed by atoms with E-state index < -0.39 is 9.84 Å². The van der Waals surface area contributed by atoms with Crippen LogP contribution in [-0.2, 0) is 14.6 Å². The first kappa shape index (κ1) is 20.9. The van der Waals surface area contributed by atoms with Gasteiger partial charge < -0.3 is 9.64 Å². The fourth-order valence-corrected chi connectivity index (χ4v) is 6.56. The Morgan fingerprint density at radius 1 is 1.33 bits per heavy atom. The lowest BCUT2D eigenvalue weighted by molar-refractivity contribution is -0.129. The molecule has 3 heterocycles. The Kier molecular flexibility index (Phi) is 5.63. The Bertz CT molecular complexity index is 1220. The molecule has 1 unspecified atom stereocenters. The Labute approximate surface area is 179 Å². The molecule has 3 aromatic rings. The Hall–Kier alpha value is -2.33. The molecule has 4 rings (SSSR count). The summed E-state index contributed by atoms with van der Waals surface area (Å²) in [5, 5.41) is 10.2. The molecule has 1 amide bonds. The van der Waals surface area contributed by atoms with Crippen molar-refractivity contribution in [2.45, 2.75) is 31.5 Å². The molecule has 8 nitrogen and oxygen atoms in total. The van der Waals surface area contributed by atoms with Gasteiger partial charge in [0.25, 0.3) is 0 Å². The number of methoxy groups -OCH3 is 1. The molecular weight excluding hydrogens is 424 g/mol. The average Bonchev–Trinajstić information content (AvgIpc) is 3.29. The van der Waals surface area contributed by atoms with Crippen molar-refractivity contribution in [1.29, 1.82) is 0 Å². The highest BCUT2D eigenvalue weighted by atomic mass is 32.2. The van der Waals surface area contributed by atoms with Crippen molar-refractivity contribution in [1.82, 2.24) is 19.5 Å². The van der Waals surface area contributed by atoms with Crippen LogP contribution in [0, 0.1) is 6.92 Å². The van der Waals surface area contributed by atoms with Gasteiger partial charge in [-0.1, -0.05) is 11.8 Å². The molecule has 2 aromatic heterocycles. The van der Waals surface area contributed by atoms with Gasteiger partial charge in [-0.25, -0.2) is 8.42 Å². The third-order valence-corrected chi connectivity index (χ3v) is 8.17. The van der Waals surface area contributed by atoms with Gasteiger partial charge in [-0.05, 0) is 44.0 Å². The van der Waals surface area contributed by atoms with E-state index in [-0.39, 0.29) is 29.2 Å². The second-order valence-corrected chi connectivity index (χ2v) is 10.6. The zero-order valence-electron chi connectivity index (χ0n) is 17.2. The van der Waals surface area contributed by atoms with Gasteiger partial charge >= 0.3 is 0 Å². The van der Waals surface area contributed by atoms with Gasteiger partial charge in [-0.3, -0.25) is 9.20 Å². The lowest BCUT2D eigenvalue weighted by atomic mass is 10.1. The fourth-order valence-electron chi connectivity index (χ4n) is 3.99. The summed E-state index contributed by atoms with van der Waals surface area (Å²) >= 11 is 1.31. The van der Waals surface area contributed by atoms with E-state index in [4.69, 9.17) is 4.74 Å². The molecule has 1 aromatic carbocycles. The molecule has 0 radical (unpaired) electrons. The van der Waals surface area contributed by atoms with E-state index >= 15 is 0 Å². The van der Waals surface area contributed by atoms with Crippen LogP contribution < -0.4 is 4.74 Å². The predicted octanol–water partition coefficient (Wildman–Crippen LogP) is 2.33. The van der Waals surface area contributed by atoms with Gasteiger partial charge in [0.05, 0.1) is 29.9 Å². The summed E-state index contributed by atoms with van der Waals surface area (Å²) in [6, 6.07) is 7.58. The van der Waals surface area contributed by atoms with E-state index in [1.807, 2.05) is 42.5 Å². The van der Waals surface area contributed by atoms with E-state index in [1.54, 1.807) is 12.0 Å². The van der Waals surface area contributed by atoms with Gasteiger partial charge in [0.1, 0.15) is 5.75 Å². The summed E-state index contributed by atoms with van der Waals surface area (Å²) in [6.45, 7) is 4.39. The van der Waals surface area contributed by atoms with Crippen molar-refractivity contribution in [2.75, 3.05) is 30.9 Å². The smallest absolute Gasteiger partial charge is 0.233 e. The van der Waals surface area contributed by atoms with Crippen molar-refractivity contribution >= 4 is 44.1 Å². The molecule has 160 valence electrons. The van der Waals surface area contributed by atoms with E-state index in [0.29, 0.717) is 23.8 Å². The zero-order valence-corrected chi connectivity index (χ0v) is 18.8. The molecule has 30 heavy (non-hydrogen) atoms. The lowest BCUT2D eigenvalue weighted by Gasteiger charge is -2.26. The van der Waals surface area contributed by atoms with Gasteiger partial charge in [0.2, 0.25) is 5.91 Å². The number of fused-ring (bicyclic) bond motifs is 3. The van der Waals surface area contributed by atoms with Crippen LogP contribution in [0.3, 0.4) is 0 Å². The quantitative estimate of drug-likeness (QED) is 0.534. The molecule has 0 aliphatic carbocycles. The van der Waals surface area contributed by atoms with Crippen LogP contribution in [0.2, 0.25) is 0 Å². The molecule has 10 heteroatoms. The number of nitrogens with zero attached hydrogens (tertiary/aromatic N) is 4. The number of carbonyl (C=O) groups excluding carboxylic acids is 1. The topological polar surface area (TPSA) is 93.9 Å². The number of sulfone groups is 1. The summed E-state index contributed by atoms with van der Waals surface area (Å²) < 4.78 is 30.9. The molecule has 0 spiro atoms. The summed E-state index contributed by atoms with van der Waals surface area (Å²) in [5.74, 6) is 1.01.